The van der Waals surface area contributed by atoms with Crippen LogP contribution >= 0.6 is 0 Å². The number of rotatable bonds is 2. The first-order chi connectivity index (χ1) is 8.03. The average molecular weight is 235 g/mol. The molecule has 0 amide bonds. The largest absolute Gasteiger partial charge is 0.368 e. The summed E-state index contributed by atoms with van der Waals surface area (Å²) in [7, 11) is 0. The van der Waals surface area contributed by atoms with Gasteiger partial charge in [-0.2, -0.15) is 0 Å². The van der Waals surface area contributed by atoms with Crippen LogP contribution in [0, 0.1) is 5.82 Å². The third-order valence-electron chi connectivity index (χ3n) is 3.20. The maximum atomic E-state index is 13.6. The summed E-state index contributed by atoms with van der Waals surface area (Å²) in [6, 6.07) is 5.11. The molecule has 1 aromatic carbocycles. The van der Waals surface area contributed by atoms with Crippen LogP contribution in [0.2, 0.25) is 0 Å². The van der Waals surface area contributed by atoms with Gasteiger partial charge in [-0.1, -0.05) is 12.6 Å². The Morgan fingerprint density at radius 3 is 2.88 bits per heavy atom. The summed E-state index contributed by atoms with van der Waals surface area (Å²) < 4.78 is 19.4. The zero-order valence-electron chi connectivity index (χ0n) is 10.3. The topological polar surface area (TPSA) is 21.3 Å². The molecule has 0 aromatic heterocycles. The first-order valence-corrected chi connectivity index (χ1v) is 5.83. The van der Waals surface area contributed by atoms with Crippen molar-refractivity contribution in [2.24, 2.45) is 0 Å². The predicted octanol–water partition coefficient (Wildman–Crippen LogP) is 2.69. The van der Waals surface area contributed by atoms with Crippen LogP contribution in [0.3, 0.4) is 0 Å². The highest BCUT2D eigenvalue weighted by atomic mass is 19.1. The molecule has 3 heteroatoms. The predicted molar refractivity (Wildman–Crippen MR) is 67.3 cm³/mol. The highest BCUT2D eigenvalue weighted by molar-refractivity contribution is 5.62. The Morgan fingerprint density at radius 1 is 1.53 bits per heavy atom. The summed E-state index contributed by atoms with van der Waals surface area (Å²) in [6.45, 7) is 9.92. The van der Waals surface area contributed by atoms with Crippen molar-refractivity contribution in [3.05, 3.63) is 41.7 Å². The van der Waals surface area contributed by atoms with E-state index in [0.29, 0.717) is 12.2 Å². The van der Waals surface area contributed by atoms with Gasteiger partial charge in [0.2, 0.25) is 0 Å². The molecule has 0 saturated carbocycles. The van der Waals surface area contributed by atoms with E-state index in [-0.39, 0.29) is 11.4 Å². The first kappa shape index (κ1) is 12.3. The van der Waals surface area contributed by atoms with Gasteiger partial charge in [-0.25, -0.2) is 4.39 Å². The molecular weight excluding hydrogens is 217 g/mol. The molecule has 1 saturated heterocycles. The lowest BCUT2D eigenvalue weighted by Crippen LogP contribution is -2.45. The Labute approximate surface area is 101 Å². The molecule has 1 aliphatic rings. The number of allylic oxidation sites excluding steroid dienone is 1. The SMILES string of the molecule is C=C(C)c1cc([C@]2(C)CNCCO2)ccc1F. The third-order valence-corrected chi connectivity index (χ3v) is 3.20. The highest BCUT2D eigenvalue weighted by Crippen LogP contribution is 2.29. The van der Waals surface area contributed by atoms with Crippen LogP contribution in [-0.4, -0.2) is 19.7 Å². The van der Waals surface area contributed by atoms with Crippen LogP contribution in [0.25, 0.3) is 5.57 Å². The molecule has 0 spiro atoms. The highest BCUT2D eigenvalue weighted by Gasteiger charge is 2.30. The van der Waals surface area contributed by atoms with Gasteiger partial charge in [0.15, 0.2) is 0 Å². The number of morpholine rings is 1. The van der Waals surface area contributed by atoms with Crippen LogP contribution < -0.4 is 5.32 Å². The Kier molecular flexibility index (Phi) is 3.31. The van der Waals surface area contributed by atoms with Crippen molar-refractivity contribution in [2.45, 2.75) is 19.4 Å². The molecule has 92 valence electrons. The van der Waals surface area contributed by atoms with E-state index in [1.54, 1.807) is 6.07 Å². The molecule has 1 N–H and O–H groups in total. The van der Waals surface area contributed by atoms with Crippen molar-refractivity contribution in [1.29, 1.82) is 0 Å². The van der Waals surface area contributed by atoms with Crippen LogP contribution in [-0.2, 0) is 10.3 Å². The smallest absolute Gasteiger partial charge is 0.130 e. The number of hydrogen-bond acceptors (Lipinski definition) is 2. The third kappa shape index (κ3) is 2.40. The zero-order chi connectivity index (χ0) is 12.5. The molecular formula is C14H18FNO. The lowest BCUT2D eigenvalue weighted by atomic mass is 9.91. The fourth-order valence-electron chi connectivity index (χ4n) is 2.09. The fourth-order valence-corrected chi connectivity index (χ4v) is 2.09. The summed E-state index contributed by atoms with van der Waals surface area (Å²) in [5, 5.41) is 3.30. The molecule has 0 radical (unpaired) electrons. The summed E-state index contributed by atoms with van der Waals surface area (Å²) in [5.74, 6) is -0.228. The number of halogens is 1. The van der Waals surface area contributed by atoms with E-state index in [1.807, 2.05) is 19.9 Å². The second-order valence-electron chi connectivity index (χ2n) is 4.73. The maximum absolute atomic E-state index is 13.6. The average Bonchev–Trinajstić information content (AvgIpc) is 2.30. The van der Waals surface area contributed by atoms with Gasteiger partial charge in [0.05, 0.1) is 6.61 Å². The van der Waals surface area contributed by atoms with Gasteiger partial charge in [-0.05, 0) is 37.1 Å². The second kappa shape index (κ2) is 4.59. The molecule has 0 unspecified atom stereocenters. The molecule has 1 aliphatic heterocycles. The lowest BCUT2D eigenvalue weighted by Gasteiger charge is -2.35. The standard InChI is InChI=1S/C14H18FNO/c1-10(2)12-8-11(4-5-13(12)15)14(3)9-16-6-7-17-14/h4-5,8,16H,1,6-7,9H2,2-3H3/t14-/m0/s1. The van der Waals surface area contributed by atoms with E-state index < -0.39 is 0 Å². The molecule has 2 nitrogen and oxygen atoms in total. The van der Waals surface area contributed by atoms with Crippen LogP contribution in [0.4, 0.5) is 4.39 Å². The quantitative estimate of drug-likeness (QED) is 0.851. The second-order valence-corrected chi connectivity index (χ2v) is 4.73. The van der Waals surface area contributed by atoms with Gasteiger partial charge in [0.25, 0.3) is 0 Å². The van der Waals surface area contributed by atoms with Crippen molar-refractivity contribution in [1.82, 2.24) is 5.32 Å². The van der Waals surface area contributed by atoms with E-state index in [1.165, 1.54) is 6.07 Å². The Bertz CT molecular complexity index is 436. The molecule has 1 heterocycles. The van der Waals surface area contributed by atoms with E-state index in [0.717, 1.165) is 24.2 Å². The van der Waals surface area contributed by atoms with Crippen molar-refractivity contribution < 1.29 is 9.13 Å². The van der Waals surface area contributed by atoms with Gasteiger partial charge in [0.1, 0.15) is 11.4 Å². The van der Waals surface area contributed by atoms with Crippen molar-refractivity contribution in [2.75, 3.05) is 19.7 Å². The minimum absolute atomic E-state index is 0.228. The molecule has 2 rings (SSSR count). The molecule has 1 atom stereocenters. The van der Waals surface area contributed by atoms with Crippen LogP contribution in [0.15, 0.2) is 24.8 Å². The van der Waals surface area contributed by atoms with Crippen LogP contribution in [0.1, 0.15) is 25.0 Å². The summed E-state index contributed by atoms with van der Waals surface area (Å²) in [5.41, 5.74) is 1.91. The van der Waals surface area contributed by atoms with E-state index >= 15 is 0 Å². The summed E-state index contributed by atoms with van der Waals surface area (Å²) >= 11 is 0. The van der Waals surface area contributed by atoms with E-state index in [2.05, 4.69) is 11.9 Å². The van der Waals surface area contributed by atoms with E-state index in [4.69, 9.17) is 4.74 Å². The van der Waals surface area contributed by atoms with Crippen molar-refractivity contribution in [3.8, 4) is 0 Å². The number of benzene rings is 1. The fraction of sp³-hybridized carbons (Fsp3) is 0.429. The van der Waals surface area contributed by atoms with Gasteiger partial charge < -0.3 is 10.1 Å². The summed E-state index contributed by atoms with van der Waals surface area (Å²) in [6.07, 6.45) is 0. The first-order valence-electron chi connectivity index (χ1n) is 5.83. The maximum Gasteiger partial charge on any atom is 0.130 e. The van der Waals surface area contributed by atoms with Gasteiger partial charge >= 0.3 is 0 Å². The molecule has 0 aliphatic carbocycles. The zero-order valence-corrected chi connectivity index (χ0v) is 10.3. The minimum Gasteiger partial charge on any atom is -0.368 e. The Balaban J connectivity index is 2.38. The molecule has 17 heavy (non-hydrogen) atoms. The summed E-state index contributed by atoms with van der Waals surface area (Å²) in [4.78, 5) is 0. The Morgan fingerprint density at radius 2 is 2.29 bits per heavy atom. The van der Waals surface area contributed by atoms with Crippen molar-refractivity contribution in [3.63, 3.8) is 0 Å². The molecule has 0 bridgehead atoms. The monoisotopic (exact) mass is 235 g/mol. The van der Waals surface area contributed by atoms with Gasteiger partial charge in [-0.3, -0.25) is 0 Å². The van der Waals surface area contributed by atoms with E-state index in [9.17, 15) is 4.39 Å². The minimum atomic E-state index is -0.379. The Hall–Kier alpha value is -1.19. The van der Waals surface area contributed by atoms with Crippen molar-refractivity contribution >= 4 is 5.57 Å². The van der Waals surface area contributed by atoms with Crippen LogP contribution in [0.5, 0.6) is 0 Å². The number of hydrogen-bond donors (Lipinski definition) is 1. The normalized spacial score (nSPS) is 24.6. The number of ether oxygens (including phenoxy) is 1. The van der Waals surface area contributed by atoms with Gasteiger partial charge in [-0.15, -0.1) is 0 Å². The number of nitrogens with one attached hydrogen (secondary N) is 1. The molecule has 1 aromatic rings. The van der Waals surface area contributed by atoms with Gasteiger partial charge in [0, 0.05) is 18.7 Å². The lowest BCUT2D eigenvalue weighted by molar-refractivity contribution is -0.0572. The molecule has 1 fully saturated rings.